The molecule has 1 N–H and O–H groups in total. The van der Waals surface area contributed by atoms with E-state index in [-0.39, 0.29) is 5.70 Å². The Morgan fingerprint density at radius 2 is 1.90 bits per heavy atom. The van der Waals surface area contributed by atoms with Gasteiger partial charge in [0, 0.05) is 16.7 Å². The average Bonchev–Trinajstić information content (AvgIpc) is 3.40. The first-order valence-electron chi connectivity index (χ1n) is 8.47. The van der Waals surface area contributed by atoms with Gasteiger partial charge in [0.1, 0.15) is 11.5 Å². The van der Waals surface area contributed by atoms with E-state index in [0.717, 1.165) is 5.56 Å². The molecular formula is C20H13Cl2N5O2. The maximum Gasteiger partial charge on any atom is 0.274 e. The van der Waals surface area contributed by atoms with Gasteiger partial charge < -0.3 is 9.73 Å². The SMILES string of the molecule is O=C(Nc1ccc(Cl)cc1Cl)/C(=C/c1ccco1)n1nnnc1-c1ccccc1. The Hall–Kier alpha value is -3.42. The highest BCUT2D eigenvalue weighted by molar-refractivity contribution is 6.37. The monoisotopic (exact) mass is 425 g/mol. The van der Waals surface area contributed by atoms with Crippen LogP contribution in [0.1, 0.15) is 5.76 Å². The molecule has 0 aliphatic heterocycles. The zero-order valence-electron chi connectivity index (χ0n) is 14.8. The molecule has 9 heteroatoms. The molecule has 4 aromatic rings. The van der Waals surface area contributed by atoms with Gasteiger partial charge in [0.05, 0.1) is 17.0 Å². The molecule has 0 unspecified atom stereocenters. The smallest absolute Gasteiger partial charge is 0.274 e. The van der Waals surface area contributed by atoms with Crippen LogP contribution in [0.3, 0.4) is 0 Å². The van der Waals surface area contributed by atoms with Gasteiger partial charge in [-0.2, -0.15) is 4.68 Å². The Morgan fingerprint density at radius 1 is 1.07 bits per heavy atom. The van der Waals surface area contributed by atoms with Crippen LogP contribution in [0.4, 0.5) is 5.69 Å². The van der Waals surface area contributed by atoms with Crippen molar-refractivity contribution in [3.63, 3.8) is 0 Å². The minimum Gasteiger partial charge on any atom is -0.465 e. The first-order chi connectivity index (χ1) is 14.1. The molecule has 2 heterocycles. The molecular weight excluding hydrogens is 413 g/mol. The van der Waals surface area contributed by atoms with Gasteiger partial charge >= 0.3 is 0 Å². The van der Waals surface area contributed by atoms with Crippen LogP contribution in [-0.4, -0.2) is 26.1 Å². The Kier molecular flexibility index (Phi) is 5.41. The number of nitrogens with one attached hydrogen (secondary N) is 1. The van der Waals surface area contributed by atoms with E-state index < -0.39 is 5.91 Å². The molecule has 2 aromatic heterocycles. The van der Waals surface area contributed by atoms with Crippen LogP contribution in [0, 0.1) is 0 Å². The van der Waals surface area contributed by atoms with Gasteiger partial charge in [-0.1, -0.05) is 53.5 Å². The molecule has 0 aliphatic carbocycles. The van der Waals surface area contributed by atoms with Crippen molar-refractivity contribution < 1.29 is 9.21 Å². The minimum absolute atomic E-state index is 0.148. The summed E-state index contributed by atoms with van der Waals surface area (Å²) in [6.07, 6.45) is 3.05. The van der Waals surface area contributed by atoms with Gasteiger partial charge in [-0.25, -0.2) is 0 Å². The summed E-state index contributed by atoms with van der Waals surface area (Å²) in [6.45, 7) is 0. The molecule has 144 valence electrons. The number of rotatable bonds is 5. The second-order valence-electron chi connectivity index (χ2n) is 5.90. The van der Waals surface area contributed by atoms with E-state index in [1.807, 2.05) is 30.3 Å². The molecule has 0 bridgehead atoms. The largest absolute Gasteiger partial charge is 0.465 e. The van der Waals surface area contributed by atoms with Crippen molar-refractivity contribution >= 4 is 46.6 Å². The van der Waals surface area contributed by atoms with E-state index in [1.165, 1.54) is 10.9 Å². The van der Waals surface area contributed by atoms with E-state index in [0.29, 0.717) is 27.3 Å². The fourth-order valence-electron chi connectivity index (χ4n) is 2.62. The van der Waals surface area contributed by atoms with Crippen molar-refractivity contribution in [2.75, 3.05) is 5.32 Å². The number of tetrazole rings is 1. The van der Waals surface area contributed by atoms with Crippen LogP contribution in [0.5, 0.6) is 0 Å². The van der Waals surface area contributed by atoms with Crippen LogP contribution >= 0.6 is 23.2 Å². The number of amides is 1. The van der Waals surface area contributed by atoms with Gasteiger partial charge in [0.2, 0.25) is 0 Å². The number of hydrogen-bond donors (Lipinski definition) is 1. The molecule has 7 nitrogen and oxygen atoms in total. The topological polar surface area (TPSA) is 85.8 Å². The summed E-state index contributed by atoms with van der Waals surface area (Å²) in [4.78, 5) is 13.1. The Morgan fingerprint density at radius 3 is 2.62 bits per heavy atom. The predicted octanol–water partition coefficient (Wildman–Crippen LogP) is 4.88. The highest BCUT2D eigenvalue weighted by Gasteiger charge is 2.20. The van der Waals surface area contributed by atoms with Crippen molar-refractivity contribution in [2.45, 2.75) is 0 Å². The number of nitrogens with zero attached hydrogens (tertiary/aromatic N) is 4. The second kappa shape index (κ2) is 8.30. The van der Waals surface area contributed by atoms with Gasteiger partial charge in [0.15, 0.2) is 5.82 Å². The third-order valence-corrected chi connectivity index (χ3v) is 4.51. The predicted molar refractivity (Wildman–Crippen MR) is 111 cm³/mol. The van der Waals surface area contributed by atoms with Gasteiger partial charge in [-0.05, 0) is 40.8 Å². The fourth-order valence-corrected chi connectivity index (χ4v) is 3.08. The van der Waals surface area contributed by atoms with Gasteiger partial charge in [-0.3, -0.25) is 4.79 Å². The van der Waals surface area contributed by atoms with Crippen LogP contribution in [0.2, 0.25) is 10.0 Å². The first-order valence-corrected chi connectivity index (χ1v) is 9.23. The Bertz CT molecular complexity index is 1170. The molecule has 0 saturated heterocycles. The van der Waals surface area contributed by atoms with Crippen molar-refractivity contribution in [1.29, 1.82) is 0 Å². The normalized spacial score (nSPS) is 11.4. The molecule has 29 heavy (non-hydrogen) atoms. The number of carbonyl (C=O) groups is 1. The third kappa shape index (κ3) is 4.21. The summed E-state index contributed by atoms with van der Waals surface area (Å²) in [6, 6.07) is 17.5. The number of halogens is 2. The third-order valence-electron chi connectivity index (χ3n) is 3.96. The lowest BCUT2D eigenvalue weighted by atomic mass is 10.2. The fraction of sp³-hybridized carbons (Fsp3) is 0. The van der Waals surface area contributed by atoms with Crippen molar-refractivity contribution in [3.05, 3.63) is 82.7 Å². The van der Waals surface area contributed by atoms with Crippen molar-refractivity contribution in [1.82, 2.24) is 20.2 Å². The number of furan rings is 1. The average molecular weight is 426 g/mol. The van der Waals surface area contributed by atoms with Gasteiger partial charge in [0.25, 0.3) is 5.91 Å². The summed E-state index contributed by atoms with van der Waals surface area (Å²) >= 11 is 12.1. The maximum atomic E-state index is 13.1. The number of hydrogen-bond acceptors (Lipinski definition) is 5. The molecule has 0 saturated carbocycles. The summed E-state index contributed by atoms with van der Waals surface area (Å²) in [5.41, 5.74) is 1.30. The summed E-state index contributed by atoms with van der Waals surface area (Å²) in [7, 11) is 0. The van der Waals surface area contributed by atoms with E-state index >= 15 is 0 Å². The Balaban J connectivity index is 1.76. The lowest BCUT2D eigenvalue weighted by Crippen LogP contribution is -2.19. The van der Waals surface area contributed by atoms with Crippen LogP contribution in [0.15, 0.2) is 71.3 Å². The highest BCUT2D eigenvalue weighted by atomic mass is 35.5. The summed E-state index contributed by atoms with van der Waals surface area (Å²) in [5.74, 6) is 0.391. The lowest BCUT2D eigenvalue weighted by Gasteiger charge is -2.11. The standard InChI is InChI=1S/C20H13Cl2N5O2/c21-14-8-9-17(16(22)11-14)23-20(28)18(12-15-7-4-10-29-15)27-19(24-25-26-27)13-5-2-1-3-6-13/h1-12H,(H,23,28)/b18-12-. The summed E-state index contributed by atoms with van der Waals surface area (Å²) < 4.78 is 6.71. The molecule has 0 spiro atoms. The van der Waals surface area contributed by atoms with Crippen molar-refractivity contribution in [3.8, 4) is 11.4 Å². The maximum absolute atomic E-state index is 13.1. The number of carbonyl (C=O) groups excluding carboxylic acids is 1. The van der Waals surface area contributed by atoms with Crippen LogP contribution in [0.25, 0.3) is 23.2 Å². The molecule has 0 radical (unpaired) electrons. The summed E-state index contributed by atoms with van der Waals surface area (Å²) in [5, 5.41) is 15.3. The molecule has 4 rings (SSSR count). The quantitative estimate of drug-likeness (QED) is 0.460. The zero-order valence-corrected chi connectivity index (χ0v) is 16.3. The van der Waals surface area contributed by atoms with E-state index in [4.69, 9.17) is 27.6 Å². The van der Waals surface area contributed by atoms with E-state index in [1.54, 1.807) is 36.4 Å². The Labute approximate surface area is 175 Å². The number of benzene rings is 2. The van der Waals surface area contributed by atoms with Crippen LogP contribution in [-0.2, 0) is 4.79 Å². The number of aromatic nitrogens is 4. The molecule has 2 aromatic carbocycles. The van der Waals surface area contributed by atoms with E-state index in [9.17, 15) is 4.79 Å². The molecule has 1 amide bonds. The highest BCUT2D eigenvalue weighted by Crippen LogP contribution is 2.27. The lowest BCUT2D eigenvalue weighted by molar-refractivity contribution is -0.111. The molecule has 0 fully saturated rings. The van der Waals surface area contributed by atoms with Crippen LogP contribution < -0.4 is 5.32 Å². The zero-order chi connectivity index (χ0) is 20.2. The van der Waals surface area contributed by atoms with Crippen molar-refractivity contribution in [2.24, 2.45) is 0 Å². The first kappa shape index (κ1) is 18.9. The minimum atomic E-state index is -0.477. The second-order valence-corrected chi connectivity index (χ2v) is 6.75. The molecule has 0 aliphatic rings. The van der Waals surface area contributed by atoms with E-state index in [2.05, 4.69) is 20.8 Å². The van der Waals surface area contributed by atoms with Gasteiger partial charge in [-0.15, -0.1) is 5.10 Å². The number of anilines is 1. The molecule has 0 atom stereocenters.